The van der Waals surface area contributed by atoms with Gasteiger partial charge in [-0.05, 0) is 63.1 Å². The second-order valence-corrected chi connectivity index (χ2v) is 12.1. The summed E-state index contributed by atoms with van der Waals surface area (Å²) in [6.07, 6.45) is 5.93. The zero-order chi connectivity index (χ0) is 28.2. The number of amides is 1. The van der Waals surface area contributed by atoms with Crippen molar-refractivity contribution in [2.45, 2.75) is 57.8 Å². The van der Waals surface area contributed by atoms with E-state index in [0.29, 0.717) is 43.2 Å². The smallest absolute Gasteiger partial charge is 0.255 e. The topological polar surface area (TPSA) is 110 Å². The summed E-state index contributed by atoms with van der Waals surface area (Å²) < 4.78 is 25.7. The number of nitrogens with one attached hydrogen (secondary N) is 1. The number of aliphatic hydroxyl groups excluding tert-OH is 1. The van der Waals surface area contributed by atoms with Crippen molar-refractivity contribution in [1.29, 1.82) is 0 Å². The predicted molar refractivity (Wildman–Crippen MR) is 154 cm³/mol. The number of nitrogens with two attached hydrogens (primary N) is 1. The second-order valence-electron chi connectivity index (χ2n) is 12.1. The molecule has 0 radical (unpaired) electrons. The summed E-state index contributed by atoms with van der Waals surface area (Å²) >= 11 is 0. The number of aromatic nitrogens is 3. The van der Waals surface area contributed by atoms with E-state index in [0.717, 1.165) is 53.8 Å². The van der Waals surface area contributed by atoms with E-state index in [2.05, 4.69) is 22.0 Å². The van der Waals surface area contributed by atoms with Crippen LogP contribution in [-0.4, -0.2) is 68.6 Å². The molecular formula is C31H37FN6O3. The van der Waals surface area contributed by atoms with Gasteiger partial charge in [-0.3, -0.25) is 10.1 Å². The van der Waals surface area contributed by atoms with Crippen LogP contribution in [0.15, 0.2) is 36.5 Å². The Morgan fingerprint density at radius 1 is 1.22 bits per heavy atom. The Bertz CT molecular complexity index is 1630. The van der Waals surface area contributed by atoms with Gasteiger partial charge in [0.05, 0.1) is 23.4 Å². The standard InChI is InChI=1S/C31H37FN6O3/c1-18-28(35-38-15-22(11-24(32)29(18)38)31(40)36-9-3-5-23(33)16-36)25-12-21-4-2-6-26(30(21)37(25)14-19-7-8-19)41-17-20-10-27(39)34-13-20/h2,4,6,11-12,15,19-20,23,27,34,39H,3,5,7-10,13-14,16-17,33H2,1H3/t20?,23-,27?/m1/s1. The van der Waals surface area contributed by atoms with Crippen LogP contribution in [0.5, 0.6) is 5.75 Å². The highest BCUT2D eigenvalue weighted by Crippen LogP contribution is 2.40. The fourth-order valence-corrected chi connectivity index (χ4v) is 6.48. The Labute approximate surface area is 238 Å². The first-order valence-electron chi connectivity index (χ1n) is 14.8. The van der Waals surface area contributed by atoms with E-state index >= 15 is 4.39 Å². The lowest BCUT2D eigenvalue weighted by Gasteiger charge is -2.30. The Hall–Kier alpha value is -3.47. The zero-order valence-electron chi connectivity index (χ0n) is 23.4. The maximum Gasteiger partial charge on any atom is 0.255 e. The van der Waals surface area contributed by atoms with Crippen LogP contribution in [0, 0.1) is 24.6 Å². The third kappa shape index (κ3) is 4.98. The highest BCUT2D eigenvalue weighted by molar-refractivity contribution is 5.95. The number of carbonyl (C=O) groups excluding carboxylic acids is 1. The molecule has 7 rings (SSSR count). The van der Waals surface area contributed by atoms with E-state index in [1.54, 1.807) is 11.1 Å². The first kappa shape index (κ1) is 26.4. The molecule has 1 amide bonds. The number of likely N-dealkylation sites (tertiary alicyclic amines) is 1. The van der Waals surface area contributed by atoms with Crippen LogP contribution in [0.3, 0.4) is 0 Å². The van der Waals surface area contributed by atoms with Gasteiger partial charge in [0.25, 0.3) is 5.91 Å². The first-order valence-corrected chi connectivity index (χ1v) is 14.8. The maximum atomic E-state index is 15.6. The summed E-state index contributed by atoms with van der Waals surface area (Å²) in [6.45, 7) is 5.07. The number of nitrogens with zero attached hydrogens (tertiary/aromatic N) is 4. The van der Waals surface area contributed by atoms with Crippen molar-refractivity contribution in [2.24, 2.45) is 17.6 Å². The van der Waals surface area contributed by atoms with Gasteiger partial charge >= 0.3 is 0 Å². The molecule has 2 aliphatic heterocycles. The van der Waals surface area contributed by atoms with E-state index in [1.165, 1.54) is 23.4 Å². The molecule has 1 aliphatic carbocycles. The normalized spacial score (nSPS) is 23.1. The number of benzene rings is 1. The number of fused-ring (bicyclic) bond motifs is 2. The quantitative estimate of drug-likeness (QED) is 0.318. The summed E-state index contributed by atoms with van der Waals surface area (Å²) in [5.41, 5.74) is 10.1. The summed E-state index contributed by atoms with van der Waals surface area (Å²) in [4.78, 5) is 15.0. The van der Waals surface area contributed by atoms with Gasteiger partial charge in [0.1, 0.15) is 29.0 Å². The summed E-state index contributed by atoms with van der Waals surface area (Å²) in [7, 11) is 0. The van der Waals surface area contributed by atoms with Crippen LogP contribution in [-0.2, 0) is 6.54 Å². The fourth-order valence-electron chi connectivity index (χ4n) is 6.48. The lowest BCUT2D eigenvalue weighted by molar-refractivity contribution is 0.0707. The Balaban J connectivity index is 1.28. The molecule has 41 heavy (non-hydrogen) atoms. The molecule has 4 N–H and O–H groups in total. The van der Waals surface area contributed by atoms with Gasteiger partial charge in [0, 0.05) is 55.3 Å². The van der Waals surface area contributed by atoms with Crippen molar-refractivity contribution in [1.82, 2.24) is 24.4 Å². The molecule has 2 saturated heterocycles. The molecule has 1 aromatic carbocycles. The van der Waals surface area contributed by atoms with Crippen LogP contribution in [0.1, 0.15) is 48.0 Å². The van der Waals surface area contributed by atoms with Crippen LogP contribution < -0.4 is 15.8 Å². The maximum absolute atomic E-state index is 15.6. The van der Waals surface area contributed by atoms with Crippen molar-refractivity contribution in [3.05, 3.63) is 53.5 Å². The van der Waals surface area contributed by atoms with Gasteiger partial charge in [-0.25, -0.2) is 8.91 Å². The van der Waals surface area contributed by atoms with Gasteiger partial charge in [-0.15, -0.1) is 0 Å². The molecule has 4 aromatic rings. The number of aliphatic hydroxyl groups is 1. The van der Waals surface area contributed by atoms with Crippen molar-refractivity contribution < 1.29 is 19.0 Å². The minimum absolute atomic E-state index is 0.0523. The third-order valence-electron chi connectivity index (χ3n) is 8.85. The second kappa shape index (κ2) is 10.4. The van der Waals surface area contributed by atoms with Gasteiger partial charge in [0.15, 0.2) is 0 Å². The Morgan fingerprint density at radius 3 is 2.83 bits per heavy atom. The minimum Gasteiger partial charge on any atom is -0.491 e. The highest BCUT2D eigenvalue weighted by Gasteiger charge is 2.29. The van der Waals surface area contributed by atoms with Gasteiger partial charge in [-0.1, -0.05) is 12.1 Å². The van der Waals surface area contributed by atoms with Gasteiger partial charge in [0.2, 0.25) is 0 Å². The molecule has 3 atom stereocenters. The molecule has 2 unspecified atom stereocenters. The lowest BCUT2D eigenvalue weighted by Crippen LogP contribution is -2.45. The van der Waals surface area contributed by atoms with Crippen molar-refractivity contribution in [3.8, 4) is 17.1 Å². The third-order valence-corrected chi connectivity index (χ3v) is 8.85. The molecule has 0 spiro atoms. The summed E-state index contributed by atoms with van der Waals surface area (Å²) in [5, 5.41) is 18.8. The molecular weight excluding hydrogens is 523 g/mol. The van der Waals surface area contributed by atoms with Crippen molar-refractivity contribution in [3.63, 3.8) is 0 Å². The first-order chi connectivity index (χ1) is 19.9. The number of hydrogen-bond donors (Lipinski definition) is 3. The number of ether oxygens (including phenoxy) is 1. The van der Waals surface area contributed by atoms with Gasteiger partial charge < -0.3 is 25.0 Å². The average Bonchev–Trinajstić information content (AvgIpc) is 3.41. The van der Waals surface area contributed by atoms with E-state index < -0.39 is 12.0 Å². The van der Waals surface area contributed by atoms with E-state index in [4.69, 9.17) is 15.6 Å². The lowest BCUT2D eigenvalue weighted by atomic mass is 10.1. The molecule has 1 saturated carbocycles. The largest absolute Gasteiger partial charge is 0.491 e. The molecule has 3 aliphatic rings. The number of rotatable bonds is 7. The van der Waals surface area contributed by atoms with E-state index in [9.17, 15) is 9.90 Å². The minimum atomic E-state index is -0.476. The highest BCUT2D eigenvalue weighted by atomic mass is 19.1. The number of para-hydroxylation sites is 1. The van der Waals surface area contributed by atoms with Crippen LogP contribution in [0.2, 0.25) is 0 Å². The molecule has 10 heteroatoms. The Morgan fingerprint density at radius 2 is 2.07 bits per heavy atom. The molecule has 5 heterocycles. The van der Waals surface area contributed by atoms with E-state index in [1.807, 2.05) is 19.1 Å². The van der Waals surface area contributed by atoms with Crippen LogP contribution >= 0.6 is 0 Å². The van der Waals surface area contributed by atoms with Crippen LogP contribution in [0.25, 0.3) is 27.8 Å². The molecule has 3 fully saturated rings. The number of halogens is 1. The molecule has 0 bridgehead atoms. The average molecular weight is 561 g/mol. The number of carbonyl (C=O) groups is 1. The van der Waals surface area contributed by atoms with Crippen molar-refractivity contribution in [2.75, 3.05) is 26.2 Å². The SMILES string of the molecule is Cc1c(-c2cc3cccc(OCC4CNC(O)C4)c3n2CC2CC2)nn2cc(C(=O)N3CCC[C@@H](N)C3)cc(F)c12. The Kier molecular flexibility index (Phi) is 6.72. The molecule has 9 nitrogen and oxygen atoms in total. The predicted octanol–water partition coefficient (Wildman–Crippen LogP) is 3.68. The fraction of sp³-hybridized carbons (Fsp3) is 0.484. The van der Waals surface area contributed by atoms with Crippen LogP contribution in [0.4, 0.5) is 4.39 Å². The van der Waals surface area contributed by atoms with E-state index in [-0.39, 0.29) is 23.4 Å². The summed E-state index contributed by atoms with van der Waals surface area (Å²) in [5.74, 6) is 0.949. The molecule has 216 valence electrons. The monoisotopic (exact) mass is 560 g/mol. The zero-order valence-corrected chi connectivity index (χ0v) is 23.4. The van der Waals surface area contributed by atoms with Gasteiger partial charge in [-0.2, -0.15) is 5.10 Å². The number of piperidine rings is 1. The number of hydrogen-bond acceptors (Lipinski definition) is 6. The number of pyridine rings is 1. The number of aryl methyl sites for hydroxylation is 1. The van der Waals surface area contributed by atoms with Crippen molar-refractivity contribution >= 4 is 22.3 Å². The summed E-state index contributed by atoms with van der Waals surface area (Å²) in [6, 6.07) is 9.45. The molecule has 3 aromatic heterocycles.